The van der Waals surface area contributed by atoms with Crippen LogP contribution < -0.4 is 0 Å². The summed E-state index contributed by atoms with van der Waals surface area (Å²) in [6.45, 7) is 5.39. The third-order valence-corrected chi connectivity index (χ3v) is 3.64. The van der Waals surface area contributed by atoms with Crippen molar-refractivity contribution in [3.05, 3.63) is 41.7 Å². The van der Waals surface area contributed by atoms with E-state index >= 15 is 0 Å². The lowest BCUT2D eigenvalue weighted by Crippen LogP contribution is -2.17. The van der Waals surface area contributed by atoms with Gasteiger partial charge >= 0.3 is 0 Å². The average molecular weight is 299 g/mol. The minimum absolute atomic E-state index is 0.0317. The topological polar surface area (TPSA) is 38.1 Å². The molecule has 4 nitrogen and oxygen atoms in total. The number of benzene rings is 1. The van der Waals surface area contributed by atoms with Gasteiger partial charge in [0.15, 0.2) is 5.78 Å². The number of imidazole rings is 1. The number of aromatic nitrogens is 2. The van der Waals surface area contributed by atoms with Crippen molar-refractivity contribution in [3.8, 4) is 11.4 Å². The number of hydrogen-bond acceptors (Lipinski definition) is 3. The van der Waals surface area contributed by atoms with Gasteiger partial charge in [0, 0.05) is 25.6 Å². The minimum atomic E-state index is 0.0317. The smallest absolute Gasteiger partial charge is 0.180 e. The lowest BCUT2D eigenvalue weighted by Gasteiger charge is -2.15. The number of unbranched alkanes of at least 4 members (excludes halogenated alkanes) is 1. The third-order valence-electron chi connectivity index (χ3n) is 3.64. The van der Waals surface area contributed by atoms with Gasteiger partial charge in [-0.2, -0.15) is 0 Å². The number of ketones is 1. The largest absolute Gasteiger partial charge is 0.326 e. The number of carbonyl (C=O) groups is 1. The van der Waals surface area contributed by atoms with Crippen LogP contribution in [-0.2, 0) is 13.1 Å². The first-order valence-electron chi connectivity index (χ1n) is 7.85. The molecular weight excluding hydrogens is 274 g/mol. The van der Waals surface area contributed by atoms with Crippen molar-refractivity contribution in [1.29, 1.82) is 0 Å². The summed E-state index contributed by atoms with van der Waals surface area (Å²) in [5.41, 5.74) is 2.68. The van der Waals surface area contributed by atoms with Gasteiger partial charge in [0.25, 0.3) is 0 Å². The third kappa shape index (κ3) is 3.63. The van der Waals surface area contributed by atoms with E-state index in [1.54, 1.807) is 6.92 Å². The van der Waals surface area contributed by atoms with Crippen LogP contribution in [0.1, 0.15) is 42.9 Å². The molecule has 1 aromatic heterocycles. The molecule has 0 saturated heterocycles. The van der Waals surface area contributed by atoms with Gasteiger partial charge in [0.2, 0.25) is 0 Å². The Balaban J connectivity index is 2.58. The van der Waals surface area contributed by atoms with Crippen LogP contribution in [0.4, 0.5) is 0 Å². The van der Waals surface area contributed by atoms with Crippen molar-refractivity contribution in [2.75, 3.05) is 14.1 Å². The second-order valence-corrected chi connectivity index (χ2v) is 5.90. The van der Waals surface area contributed by atoms with Gasteiger partial charge in [-0.05, 0) is 20.5 Å². The van der Waals surface area contributed by atoms with Gasteiger partial charge < -0.3 is 9.47 Å². The van der Waals surface area contributed by atoms with Crippen molar-refractivity contribution < 1.29 is 4.79 Å². The van der Waals surface area contributed by atoms with E-state index in [0.29, 0.717) is 5.69 Å². The lowest BCUT2D eigenvalue weighted by atomic mass is 10.2. The van der Waals surface area contributed by atoms with Crippen LogP contribution in [0.25, 0.3) is 11.4 Å². The Labute approximate surface area is 132 Å². The van der Waals surface area contributed by atoms with Crippen LogP contribution in [0.3, 0.4) is 0 Å². The summed E-state index contributed by atoms with van der Waals surface area (Å²) < 4.78 is 2.22. The highest BCUT2D eigenvalue weighted by Gasteiger charge is 2.21. The van der Waals surface area contributed by atoms with Gasteiger partial charge in [0.05, 0.1) is 5.69 Å². The number of rotatable bonds is 7. The molecule has 118 valence electrons. The molecule has 2 aromatic rings. The molecule has 22 heavy (non-hydrogen) atoms. The van der Waals surface area contributed by atoms with Crippen LogP contribution in [0.2, 0.25) is 0 Å². The van der Waals surface area contributed by atoms with Crippen LogP contribution in [0.5, 0.6) is 0 Å². The number of hydrogen-bond donors (Lipinski definition) is 0. The quantitative estimate of drug-likeness (QED) is 0.733. The summed E-state index contributed by atoms with van der Waals surface area (Å²) in [6, 6.07) is 10.1. The maximum absolute atomic E-state index is 12.0. The van der Waals surface area contributed by atoms with E-state index in [9.17, 15) is 4.79 Å². The Kier molecular flexibility index (Phi) is 5.50. The van der Waals surface area contributed by atoms with Crippen molar-refractivity contribution in [2.24, 2.45) is 0 Å². The zero-order valence-electron chi connectivity index (χ0n) is 14.0. The average Bonchev–Trinajstić information content (AvgIpc) is 2.84. The highest BCUT2D eigenvalue weighted by molar-refractivity contribution is 5.94. The van der Waals surface area contributed by atoms with E-state index in [2.05, 4.69) is 21.4 Å². The molecule has 0 bridgehead atoms. The summed E-state index contributed by atoms with van der Waals surface area (Å²) in [4.78, 5) is 18.8. The zero-order chi connectivity index (χ0) is 16.1. The molecule has 0 aliphatic rings. The predicted octanol–water partition coefficient (Wildman–Crippen LogP) is 3.61. The second-order valence-electron chi connectivity index (χ2n) is 5.90. The summed E-state index contributed by atoms with van der Waals surface area (Å²) >= 11 is 0. The fourth-order valence-electron chi connectivity index (χ4n) is 2.59. The normalized spacial score (nSPS) is 11.1. The fraction of sp³-hybridized carbons (Fsp3) is 0.444. The monoisotopic (exact) mass is 299 g/mol. The van der Waals surface area contributed by atoms with E-state index in [0.717, 1.165) is 43.0 Å². The Morgan fingerprint density at radius 3 is 2.45 bits per heavy atom. The van der Waals surface area contributed by atoms with Crippen LogP contribution >= 0.6 is 0 Å². The molecule has 1 heterocycles. The first-order valence-corrected chi connectivity index (χ1v) is 7.85. The molecular formula is C18H25N3O. The Bertz CT molecular complexity index is 629. The molecule has 1 aromatic carbocycles. The molecule has 0 fully saturated rings. The van der Waals surface area contributed by atoms with E-state index in [-0.39, 0.29) is 5.78 Å². The molecule has 0 spiro atoms. The van der Waals surface area contributed by atoms with Crippen molar-refractivity contribution in [1.82, 2.24) is 14.5 Å². The predicted molar refractivity (Wildman–Crippen MR) is 90.0 cm³/mol. The standard InChI is InChI=1S/C18H25N3O/c1-5-6-12-21-16(13-20(3)4)17(14(2)22)19-18(21)15-10-8-7-9-11-15/h7-11H,5-6,12-13H2,1-4H3. The van der Waals surface area contributed by atoms with E-state index in [1.165, 1.54) is 0 Å². The van der Waals surface area contributed by atoms with Crippen LogP contribution in [0, 0.1) is 0 Å². The van der Waals surface area contributed by atoms with Crippen molar-refractivity contribution in [2.45, 2.75) is 39.8 Å². The molecule has 0 N–H and O–H groups in total. The summed E-state index contributed by atoms with van der Waals surface area (Å²) in [5, 5.41) is 0. The maximum Gasteiger partial charge on any atom is 0.180 e. The minimum Gasteiger partial charge on any atom is -0.326 e. The highest BCUT2D eigenvalue weighted by atomic mass is 16.1. The molecule has 0 aliphatic heterocycles. The lowest BCUT2D eigenvalue weighted by molar-refractivity contribution is 0.101. The summed E-state index contributed by atoms with van der Waals surface area (Å²) in [6.07, 6.45) is 2.19. The Morgan fingerprint density at radius 1 is 1.23 bits per heavy atom. The zero-order valence-corrected chi connectivity index (χ0v) is 14.0. The number of Topliss-reactive ketones (excluding diaryl/α,β-unsaturated/α-hetero) is 1. The van der Waals surface area contributed by atoms with Gasteiger partial charge in [0.1, 0.15) is 11.5 Å². The first-order chi connectivity index (χ1) is 10.5. The second kappa shape index (κ2) is 7.36. The maximum atomic E-state index is 12.0. The van der Waals surface area contributed by atoms with Gasteiger partial charge in [-0.3, -0.25) is 4.79 Å². The van der Waals surface area contributed by atoms with Crippen molar-refractivity contribution >= 4 is 5.78 Å². The van der Waals surface area contributed by atoms with E-state index in [4.69, 9.17) is 0 Å². The van der Waals surface area contributed by atoms with Crippen LogP contribution in [0.15, 0.2) is 30.3 Å². The molecule has 0 saturated carbocycles. The van der Waals surface area contributed by atoms with Gasteiger partial charge in [-0.1, -0.05) is 43.7 Å². The molecule has 0 aliphatic carbocycles. The van der Waals surface area contributed by atoms with Gasteiger partial charge in [-0.15, -0.1) is 0 Å². The Morgan fingerprint density at radius 2 is 1.91 bits per heavy atom. The number of nitrogens with zero attached hydrogens (tertiary/aromatic N) is 3. The summed E-state index contributed by atoms with van der Waals surface area (Å²) in [5.74, 6) is 0.931. The molecule has 2 rings (SSSR count). The van der Waals surface area contributed by atoms with E-state index < -0.39 is 0 Å². The van der Waals surface area contributed by atoms with Gasteiger partial charge in [-0.25, -0.2) is 4.98 Å². The van der Waals surface area contributed by atoms with Crippen LogP contribution in [-0.4, -0.2) is 34.3 Å². The van der Waals surface area contributed by atoms with Crippen molar-refractivity contribution in [3.63, 3.8) is 0 Å². The number of carbonyl (C=O) groups excluding carboxylic acids is 1. The summed E-state index contributed by atoms with van der Waals surface area (Å²) in [7, 11) is 4.03. The Hall–Kier alpha value is -1.94. The first kappa shape index (κ1) is 16.4. The molecule has 0 unspecified atom stereocenters. The SMILES string of the molecule is CCCCn1c(-c2ccccc2)nc(C(C)=O)c1CN(C)C. The molecule has 0 radical (unpaired) electrons. The van der Waals surface area contributed by atoms with E-state index in [1.807, 2.05) is 44.4 Å². The molecule has 4 heteroatoms. The fourth-order valence-corrected chi connectivity index (χ4v) is 2.59. The molecule has 0 atom stereocenters. The molecule has 0 amide bonds. The highest BCUT2D eigenvalue weighted by Crippen LogP contribution is 2.24.